The van der Waals surface area contributed by atoms with Gasteiger partial charge in [-0.05, 0) is 31.4 Å². The highest BCUT2D eigenvalue weighted by atomic mass is 32.2. The standard InChI is InChI=1S/C16H18N2O3S/c19-15-14(5-8-18(15)11-6-9-20-10-7-11)22-16-17-12-3-1-2-4-13(12)21-16/h1-4,11,14H,5-10H2/t14-/m1/s1. The molecule has 0 saturated carbocycles. The van der Waals surface area contributed by atoms with Gasteiger partial charge in [-0.2, -0.15) is 0 Å². The van der Waals surface area contributed by atoms with Gasteiger partial charge in [0.2, 0.25) is 5.91 Å². The van der Waals surface area contributed by atoms with Gasteiger partial charge in [0.05, 0.1) is 5.25 Å². The van der Waals surface area contributed by atoms with Crippen molar-refractivity contribution in [2.24, 2.45) is 0 Å². The summed E-state index contributed by atoms with van der Waals surface area (Å²) in [6.07, 6.45) is 2.76. The first-order valence-corrected chi connectivity index (χ1v) is 8.60. The number of rotatable bonds is 3. The number of ether oxygens (including phenoxy) is 1. The van der Waals surface area contributed by atoms with Crippen LogP contribution in [0.2, 0.25) is 0 Å². The molecule has 5 nitrogen and oxygen atoms in total. The number of oxazole rings is 1. The first-order valence-electron chi connectivity index (χ1n) is 7.72. The number of aromatic nitrogens is 1. The minimum atomic E-state index is -0.0732. The molecule has 1 atom stereocenters. The molecule has 4 rings (SSSR count). The number of thioether (sulfide) groups is 1. The summed E-state index contributed by atoms with van der Waals surface area (Å²) in [5, 5.41) is 0.518. The Balaban J connectivity index is 1.46. The molecule has 1 aromatic carbocycles. The average molecular weight is 318 g/mol. The predicted molar refractivity (Wildman–Crippen MR) is 83.8 cm³/mol. The van der Waals surface area contributed by atoms with Crippen molar-refractivity contribution in [3.05, 3.63) is 24.3 Å². The lowest BCUT2D eigenvalue weighted by molar-refractivity contribution is -0.130. The number of carbonyl (C=O) groups is 1. The molecule has 2 fully saturated rings. The van der Waals surface area contributed by atoms with Gasteiger partial charge >= 0.3 is 0 Å². The van der Waals surface area contributed by atoms with Crippen LogP contribution in [0, 0.1) is 0 Å². The highest BCUT2D eigenvalue weighted by Gasteiger charge is 2.37. The fraction of sp³-hybridized carbons (Fsp3) is 0.500. The second-order valence-corrected chi connectivity index (χ2v) is 6.87. The summed E-state index contributed by atoms with van der Waals surface area (Å²) in [6, 6.07) is 8.03. The lowest BCUT2D eigenvalue weighted by atomic mass is 10.1. The van der Waals surface area contributed by atoms with Crippen LogP contribution in [-0.2, 0) is 9.53 Å². The molecule has 2 saturated heterocycles. The van der Waals surface area contributed by atoms with Crippen molar-refractivity contribution >= 4 is 28.8 Å². The van der Waals surface area contributed by atoms with Crippen LogP contribution in [0.15, 0.2) is 33.9 Å². The van der Waals surface area contributed by atoms with Gasteiger partial charge in [-0.3, -0.25) is 4.79 Å². The van der Waals surface area contributed by atoms with E-state index in [1.807, 2.05) is 29.2 Å². The van der Waals surface area contributed by atoms with Gasteiger partial charge in [-0.1, -0.05) is 23.9 Å². The van der Waals surface area contributed by atoms with Gasteiger partial charge < -0.3 is 14.1 Å². The topological polar surface area (TPSA) is 55.6 Å². The first kappa shape index (κ1) is 14.1. The van der Waals surface area contributed by atoms with Crippen LogP contribution < -0.4 is 0 Å². The minimum Gasteiger partial charge on any atom is -0.431 e. The summed E-state index contributed by atoms with van der Waals surface area (Å²) in [5.41, 5.74) is 1.62. The molecule has 0 radical (unpaired) electrons. The van der Waals surface area contributed by atoms with Crippen LogP contribution in [0.5, 0.6) is 0 Å². The summed E-state index contributed by atoms with van der Waals surface area (Å²) in [7, 11) is 0. The summed E-state index contributed by atoms with van der Waals surface area (Å²) < 4.78 is 11.1. The van der Waals surface area contributed by atoms with Gasteiger partial charge in [-0.25, -0.2) is 4.98 Å². The van der Waals surface area contributed by atoms with E-state index < -0.39 is 0 Å². The summed E-state index contributed by atoms with van der Waals surface area (Å²) >= 11 is 1.45. The van der Waals surface area contributed by atoms with Crippen molar-refractivity contribution in [2.75, 3.05) is 19.8 Å². The fourth-order valence-corrected chi connectivity index (χ4v) is 4.16. The third kappa shape index (κ3) is 2.61. The zero-order chi connectivity index (χ0) is 14.9. The maximum Gasteiger partial charge on any atom is 0.257 e. The number of hydrogen-bond acceptors (Lipinski definition) is 5. The molecule has 1 aromatic heterocycles. The van der Waals surface area contributed by atoms with Gasteiger partial charge in [0.25, 0.3) is 5.22 Å². The van der Waals surface area contributed by atoms with E-state index in [2.05, 4.69) is 4.98 Å². The average Bonchev–Trinajstić information content (AvgIpc) is 3.12. The van der Waals surface area contributed by atoms with Crippen LogP contribution in [0.3, 0.4) is 0 Å². The number of hydrogen-bond donors (Lipinski definition) is 0. The highest BCUT2D eigenvalue weighted by Crippen LogP contribution is 2.34. The van der Waals surface area contributed by atoms with Crippen molar-refractivity contribution in [1.82, 2.24) is 9.88 Å². The van der Waals surface area contributed by atoms with Crippen molar-refractivity contribution in [3.63, 3.8) is 0 Å². The largest absolute Gasteiger partial charge is 0.431 e. The van der Waals surface area contributed by atoms with E-state index in [1.165, 1.54) is 11.8 Å². The van der Waals surface area contributed by atoms with E-state index in [0.717, 1.165) is 50.1 Å². The Kier molecular flexibility index (Phi) is 3.80. The number of nitrogens with zero attached hydrogens (tertiary/aromatic N) is 2. The maximum atomic E-state index is 12.6. The number of fused-ring (bicyclic) bond motifs is 1. The van der Waals surface area contributed by atoms with E-state index >= 15 is 0 Å². The molecule has 22 heavy (non-hydrogen) atoms. The van der Waals surface area contributed by atoms with E-state index in [4.69, 9.17) is 9.15 Å². The molecule has 0 N–H and O–H groups in total. The second-order valence-electron chi connectivity index (χ2n) is 5.72. The van der Waals surface area contributed by atoms with Crippen LogP contribution in [0.1, 0.15) is 19.3 Å². The van der Waals surface area contributed by atoms with Gasteiger partial charge in [0, 0.05) is 25.8 Å². The summed E-state index contributed by atoms with van der Waals surface area (Å²) in [6.45, 7) is 2.36. The molecule has 3 heterocycles. The summed E-state index contributed by atoms with van der Waals surface area (Å²) in [5.74, 6) is 0.221. The Morgan fingerprint density at radius 2 is 2.00 bits per heavy atom. The Hall–Kier alpha value is -1.53. The Morgan fingerprint density at radius 1 is 1.18 bits per heavy atom. The zero-order valence-electron chi connectivity index (χ0n) is 12.2. The fourth-order valence-electron chi connectivity index (χ4n) is 3.17. The Bertz CT molecular complexity index is 648. The Labute approximate surface area is 133 Å². The minimum absolute atomic E-state index is 0.0732. The van der Waals surface area contributed by atoms with E-state index in [1.54, 1.807) is 0 Å². The molecule has 116 valence electrons. The highest BCUT2D eigenvalue weighted by molar-refractivity contribution is 8.00. The third-order valence-electron chi connectivity index (χ3n) is 4.34. The van der Waals surface area contributed by atoms with E-state index in [0.29, 0.717) is 11.3 Å². The Morgan fingerprint density at radius 3 is 2.82 bits per heavy atom. The van der Waals surface area contributed by atoms with Crippen LogP contribution in [0.25, 0.3) is 11.1 Å². The summed E-state index contributed by atoms with van der Waals surface area (Å²) in [4.78, 5) is 19.1. The first-order chi connectivity index (χ1) is 10.8. The number of amides is 1. The van der Waals surface area contributed by atoms with Gasteiger partial charge in [-0.15, -0.1) is 0 Å². The SMILES string of the molecule is O=C1[C@H](Sc2nc3ccccc3o2)CCN1C1CCOCC1. The molecule has 0 aliphatic carbocycles. The molecular weight excluding hydrogens is 300 g/mol. The normalized spacial score (nSPS) is 23.5. The zero-order valence-corrected chi connectivity index (χ0v) is 13.1. The van der Waals surface area contributed by atoms with Crippen LogP contribution in [-0.4, -0.2) is 46.8 Å². The predicted octanol–water partition coefficient (Wildman–Crippen LogP) is 2.70. The number of carbonyl (C=O) groups excluding carboxylic acids is 1. The van der Waals surface area contributed by atoms with E-state index in [-0.39, 0.29) is 11.2 Å². The monoisotopic (exact) mass is 318 g/mol. The molecular formula is C16H18N2O3S. The third-order valence-corrected chi connectivity index (χ3v) is 5.44. The van der Waals surface area contributed by atoms with Crippen molar-refractivity contribution in [3.8, 4) is 0 Å². The molecule has 2 aromatic rings. The number of likely N-dealkylation sites (tertiary alicyclic amines) is 1. The molecule has 0 bridgehead atoms. The molecule has 0 unspecified atom stereocenters. The van der Waals surface area contributed by atoms with Crippen molar-refractivity contribution < 1.29 is 13.9 Å². The van der Waals surface area contributed by atoms with Crippen LogP contribution in [0.4, 0.5) is 0 Å². The van der Waals surface area contributed by atoms with Crippen molar-refractivity contribution in [2.45, 2.75) is 35.8 Å². The quantitative estimate of drug-likeness (QED) is 0.871. The molecule has 1 amide bonds. The maximum absolute atomic E-state index is 12.6. The molecule has 2 aliphatic rings. The molecule has 2 aliphatic heterocycles. The van der Waals surface area contributed by atoms with Gasteiger partial charge in [0.15, 0.2) is 5.58 Å². The second kappa shape index (κ2) is 5.93. The molecule has 6 heteroatoms. The van der Waals surface area contributed by atoms with E-state index in [9.17, 15) is 4.79 Å². The number of benzene rings is 1. The van der Waals surface area contributed by atoms with Gasteiger partial charge in [0.1, 0.15) is 5.52 Å². The van der Waals surface area contributed by atoms with Crippen molar-refractivity contribution in [1.29, 1.82) is 0 Å². The lowest BCUT2D eigenvalue weighted by Crippen LogP contribution is -2.41. The lowest BCUT2D eigenvalue weighted by Gasteiger charge is -2.31. The smallest absolute Gasteiger partial charge is 0.257 e. The number of para-hydroxylation sites is 2. The van der Waals surface area contributed by atoms with Crippen LogP contribution >= 0.6 is 11.8 Å². The molecule has 0 spiro atoms.